The minimum atomic E-state index is 0.348. The minimum Gasteiger partial charge on any atom is -0.384 e. The second kappa shape index (κ2) is 4.76. The van der Waals surface area contributed by atoms with E-state index >= 15 is 0 Å². The molecule has 1 aromatic carbocycles. The summed E-state index contributed by atoms with van der Waals surface area (Å²) >= 11 is 3.64. The molecule has 0 radical (unpaired) electrons. The van der Waals surface area contributed by atoms with E-state index < -0.39 is 0 Å². The van der Waals surface area contributed by atoms with E-state index in [0.717, 1.165) is 27.1 Å². The normalized spacial score (nSPS) is 11.2. The number of aromatic nitrogens is 2. The van der Waals surface area contributed by atoms with Gasteiger partial charge in [0.05, 0.1) is 5.69 Å². The first-order valence-electron chi connectivity index (χ1n) is 6.01. The Kier molecular flexibility index (Phi) is 3.48. The molecule has 2 aromatic rings. The summed E-state index contributed by atoms with van der Waals surface area (Å²) in [5.41, 5.74) is 10.5. The Hall–Kier alpha value is -1.29. The highest BCUT2D eigenvalue weighted by molar-refractivity contribution is 9.10. The summed E-state index contributed by atoms with van der Waals surface area (Å²) in [6.45, 7) is 6.36. The van der Waals surface area contributed by atoms with E-state index in [1.807, 2.05) is 13.1 Å². The van der Waals surface area contributed by atoms with Gasteiger partial charge in [-0.05, 0) is 34.3 Å². The Labute approximate surface area is 116 Å². The summed E-state index contributed by atoms with van der Waals surface area (Å²) in [6.07, 6.45) is 0. The zero-order chi connectivity index (χ0) is 13.4. The minimum absolute atomic E-state index is 0.348. The smallest absolute Gasteiger partial charge is 0.125 e. The van der Waals surface area contributed by atoms with Gasteiger partial charge in [0.1, 0.15) is 5.82 Å². The molecule has 0 spiro atoms. The standard InChI is InChI=1S/C14H18BrN3/c1-8(2)11-13(17-18(4)14(11)16)10-7-5-6-9(3)12(10)15/h5-8H,16H2,1-4H3. The van der Waals surface area contributed by atoms with Gasteiger partial charge in [-0.2, -0.15) is 5.10 Å². The van der Waals surface area contributed by atoms with Crippen LogP contribution < -0.4 is 5.73 Å². The second-order valence-electron chi connectivity index (χ2n) is 4.86. The average Bonchev–Trinajstić information content (AvgIpc) is 2.59. The van der Waals surface area contributed by atoms with Crippen LogP contribution in [0.25, 0.3) is 11.3 Å². The zero-order valence-electron chi connectivity index (χ0n) is 11.2. The molecule has 2 N–H and O–H groups in total. The highest BCUT2D eigenvalue weighted by Gasteiger charge is 2.20. The number of halogens is 1. The van der Waals surface area contributed by atoms with Crippen molar-refractivity contribution in [2.75, 3.05) is 5.73 Å². The average molecular weight is 308 g/mol. The maximum Gasteiger partial charge on any atom is 0.125 e. The number of aryl methyl sites for hydroxylation is 2. The van der Waals surface area contributed by atoms with Crippen molar-refractivity contribution in [3.8, 4) is 11.3 Å². The lowest BCUT2D eigenvalue weighted by atomic mass is 9.98. The van der Waals surface area contributed by atoms with Crippen LogP contribution in [0.15, 0.2) is 22.7 Å². The van der Waals surface area contributed by atoms with Gasteiger partial charge in [0.25, 0.3) is 0 Å². The molecule has 18 heavy (non-hydrogen) atoms. The van der Waals surface area contributed by atoms with Crippen molar-refractivity contribution in [3.05, 3.63) is 33.8 Å². The van der Waals surface area contributed by atoms with Gasteiger partial charge < -0.3 is 5.73 Å². The molecule has 0 unspecified atom stereocenters. The lowest BCUT2D eigenvalue weighted by molar-refractivity contribution is 0.779. The Morgan fingerprint density at radius 2 is 2.00 bits per heavy atom. The first-order valence-corrected chi connectivity index (χ1v) is 6.80. The summed E-state index contributed by atoms with van der Waals surface area (Å²) in [6, 6.07) is 6.20. The Bertz CT molecular complexity index is 585. The van der Waals surface area contributed by atoms with Crippen molar-refractivity contribution in [3.63, 3.8) is 0 Å². The van der Waals surface area contributed by atoms with Gasteiger partial charge in [-0.15, -0.1) is 0 Å². The molecule has 0 fully saturated rings. The van der Waals surface area contributed by atoms with Gasteiger partial charge in [-0.25, -0.2) is 0 Å². The zero-order valence-corrected chi connectivity index (χ0v) is 12.7. The molecule has 0 aliphatic heterocycles. The van der Waals surface area contributed by atoms with E-state index in [4.69, 9.17) is 5.73 Å². The first-order chi connectivity index (χ1) is 8.43. The molecular weight excluding hydrogens is 290 g/mol. The second-order valence-corrected chi connectivity index (χ2v) is 5.66. The number of nitrogens with two attached hydrogens (primary N) is 1. The molecule has 0 saturated heterocycles. The molecule has 0 atom stereocenters. The van der Waals surface area contributed by atoms with E-state index in [-0.39, 0.29) is 0 Å². The van der Waals surface area contributed by atoms with E-state index in [9.17, 15) is 0 Å². The third kappa shape index (κ3) is 2.05. The van der Waals surface area contributed by atoms with Crippen molar-refractivity contribution in [2.45, 2.75) is 26.7 Å². The number of benzene rings is 1. The maximum absolute atomic E-state index is 6.11. The van der Waals surface area contributed by atoms with Gasteiger partial charge >= 0.3 is 0 Å². The van der Waals surface area contributed by atoms with Gasteiger partial charge in [-0.3, -0.25) is 4.68 Å². The summed E-state index contributed by atoms with van der Waals surface area (Å²) < 4.78 is 2.84. The van der Waals surface area contributed by atoms with Gasteiger partial charge in [0, 0.05) is 22.6 Å². The number of rotatable bonds is 2. The SMILES string of the molecule is Cc1cccc(-c2nn(C)c(N)c2C(C)C)c1Br. The predicted molar refractivity (Wildman–Crippen MR) is 79.6 cm³/mol. The van der Waals surface area contributed by atoms with Crippen LogP contribution >= 0.6 is 15.9 Å². The molecule has 4 heteroatoms. The molecule has 0 amide bonds. The lowest BCUT2D eigenvalue weighted by Gasteiger charge is -2.09. The monoisotopic (exact) mass is 307 g/mol. The molecule has 1 aromatic heterocycles. The molecular formula is C14H18BrN3. The van der Waals surface area contributed by atoms with Gasteiger partial charge in [0.15, 0.2) is 0 Å². The molecule has 96 valence electrons. The topological polar surface area (TPSA) is 43.8 Å². The Morgan fingerprint density at radius 1 is 1.33 bits per heavy atom. The van der Waals surface area contributed by atoms with Crippen molar-refractivity contribution in [1.29, 1.82) is 0 Å². The highest BCUT2D eigenvalue weighted by Crippen LogP contribution is 2.37. The third-order valence-corrected chi connectivity index (χ3v) is 4.21. The first kappa shape index (κ1) is 13.1. The van der Waals surface area contributed by atoms with Crippen LogP contribution in [0.5, 0.6) is 0 Å². The van der Waals surface area contributed by atoms with Crippen molar-refractivity contribution in [2.24, 2.45) is 7.05 Å². The van der Waals surface area contributed by atoms with E-state index in [1.165, 1.54) is 5.56 Å². The molecule has 0 saturated carbocycles. The Balaban J connectivity index is 2.71. The fraction of sp³-hybridized carbons (Fsp3) is 0.357. The quantitative estimate of drug-likeness (QED) is 0.915. The van der Waals surface area contributed by atoms with Crippen LogP contribution in [0.4, 0.5) is 5.82 Å². The van der Waals surface area contributed by atoms with Crippen LogP contribution in [0.1, 0.15) is 30.9 Å². The summed E-state index contributed by atoms with van der Waals surface area (Å²) in [5, 5.41) is 4.57. The van der Waals surface area contributed by atoms with E-state index in [0.29, 0.717) is 5.92 Å². The maximum atomic E-state index is 6.11. The van der Waals surface area contributed by atoms with Crippen molar-refractivity contribution >= 4 is 21.7 Å². The van der Waals surface area contributed by atoms with E-state index in [2.05, 4.69) is 53.9 Å². The number of nitrogen functional groups attached to an aromatic ring is 1. The van der Waals surface area contributed by atoms with Crippen molar-refractivity contribution in [1.82, 2.24) is 9.78 Å². The summed E-state index contributed by atoms with van der Waals surface area (Å²) in [4.78, 5) is 0. The molecule has 0 bridgehead atoms. The van der Waals surface area contributed by atoms with Crippen LogP contribution in [0, 0.1) is 6.92 Å². The van der Waals surface area contributed by atoms with Gasteiger partial charge in [0.2, 0.25) is 0 Å². The molecule has 0 aliphatic carbocycles. The summed E-state index contributed by atoms with van der Waals surface area (Å²) in [5.74, 6) is 1.09. The number of hydrogen-bond acceptors (Lipinski definition) is 2. The number of anilines is 1. The molecule has 0 aliphatic rings. The molecule has 3 nitrogen and oxygen atoms in total. The fourth-order valence-corrected chi connectivity index (χ4v) is 2.60. The van der Waals surface area contributed by atoms with Gasteiger partial charge in [-0.1, -0.05) is 32.0 Å². The summed E-state index contributed by atoms with van der Waals surface area (Å²) in [7, 11) is 1.88. The fourth-order valence-electron chi connectivity index (χ4n) is 2.15. The predicted octanol–water partition coefficient (Wildman–Crippen LogP) is 3.86. The van der Waals surface area contributed by atoms with E-state index in [1.54, 1.807) is 4.68 Å². The lowest BCUT2D eigenvalue weighted by Crippen LogP contribution is -2.00. The highest BCUT2D eigenvalue weighted by atomic mass is 79.9. The molecule has 2 rings (SSSR count). The van der Waals surface area contributed by atoms with Crippen molar-refractivity contribution < 1.29 is 0 Å². The van der Waals surface area contributed by atoms with Crippen LogP contribution in [-0.4, -0.2) is 9.78 Å². The van der Waals surface area contributed by atoms with Crippen LogP contribution in [0.3, 0.4) is 0 Å². The van der Waals surface area contributed by atoms with Crippen LogP contribution in [0.2, 0.25) is 0 Å². The largest absolute Gasteiger partial charge is 0.384 e. The van der Waals surface area contributed by atoms with Crippen LogP contribution in [-0.2, 0) is 7.05 Å². The third-order valence-electron chi connectivity index (χ3n) is 3.15. The number of hydrogen-bond donors (Lipinski definition) is 1. The Morgan fingerprint density at radius 3 is 2.61 bits per heavy atom. The number of nitrogens with zero attached hydrogens (tertiary/aromatic N) is 2. The molecule has 1 heterocycles.